The van der Waals surface area contributed by atoms with Crippen molar-refractivity contribution in [3.63, 3.8) is 0 Å². The van der Waals surface area contributed by atoms with Crippen LogP contribution in [0.3, 0.4) is 0 Å². The molecule has 1 unspecified atom stereocenters. The summed E-state index contributed by atoms with van der Waals surface area (Å²) in [4.78, 5) is 136. The zero-order chi connectivity index (χ0) is 57.6. The fourth-order valence-corrected chi connectivity index (χ4v) is 11.5. The number of pyridine rings is 2. The summed E-state index contributed by atoms with van der Waals surface area (Å²) in [5.41, 5.74) is 1.90. The summed E-state index contributed by atoms with van der Waals surface area (Å²) in [7, 11) is 0. The molecule has 1 aliphatic carbocycles. The molecule has 0 bridgehead atoms. The molecule has 3 aliphatic heterocycles. The second-order valence-corrected chi connectivity index (χ2v) is 22.7. The van der Waals surface area contributed by atoms with E-state index < -0.39 is 71.7 Å². The average molecular weight is 1120 g/mol. The molecule has 0 spiro atoms. The molecule has 0 saturated carbocycles. The van der Waals surface area contributed by atoms with E-state index in [4.69, 9.17) is 9.72 Å². The van der Waals surface area contributed by atoms with Gasteiger partial charge in [-0.2, -0.15) is 0 Å². The third-order valence-corrected chi connectivity index (χ3v) is 16.7. The number of fused-ring (bicyclic) bond motifs is 5. The van der Waals surface area contributed by atoms with Crippen molar-refractivity contribution in [3.8, 4) is 11.4 Å². The number of rotatable bonds is 24. The molecule has 4 aromatic rings. The number of amides is 8. The first-order valence-corrected chi connectivity index (χ1v) is 28.2. The number of halogens is 1. The quantitative estimate of drug-likeness (QED) is 0.0203. The van der Waals surface area contributed by atoms with Crippen LogP contribution < -0.4 is 37.5 Å². The number of aromatic nitrogens is 2. The number of hydrogen-bond acceptors (Lipinski definition) is 14. The van der Waals surface area contributed by atoms with Crippen LogP contribution in [-0.2, 0) is 79.5 Å². The van der Waals surface area contributed by atoms with Crippen LogP contribution in [-0.4, -0.2) is 117 Å². The average Bonchev–Trinajstić information content (AvgIpc) is 4.15. The first kappa shape index (κ1) is 58.6. The Hall–Kier alpha value is -7.53. The van der Waals surface area contributed by atoms with Crippen LogP contribution in [0.1, 0.15) is 124 Å². The third-order valence-electron chi connectivity index (χ3n) is 15.8. The minimum atomic E-state index is -2.07. The summed E-state index contributed by atoms with van der Waals surface area (Å²) >= 11 is 1.27. The number of likely N-dealkylation sites (tertiary alicyclic amines) is 1. The molecular formula is C57H68FN9O12S. The number of carbonyl (C=O) groups is 9. The Morgan fingerprint density at radius 1 is 0.887 bits per heavy atom. The highest BCUT2D eigenvalue weighted by Crippen LogP contribution is 2.46. The van der Waals surface area contributed by atoms with Gasteiger partial charge in [0.05, 0.1) is 66.5 Å². The summed E-state index contributed by atoms with van der Waals surface area (Å²) in [5.74, 6) is -4.71. The van der Waals surface area contributed by atoms with Gasteiger partial charge in [0.25, 0.3) is 5.56 Å². The Bertz CT molecular complexity index is 3220. The molecule has 1 saturated heterocycles. The molecule has 2 aromatic carbocycles. The normalized spacial score (nSPS) is 18.4. The Labute approximate surface area is 465 Å². The molecule has 23 heteroatoms. The summed E-state index contributed by atoms with van der Waals surface area (Å²) in [6.07, 6.45) is 3.78. The summed E-state index contributed by atoms with van der Waals surface area (Å²) < 4.78 is 22.0. The Morgan fingerprint density at radius 2 is 1.60 bits per heavy atom. The lowest BCUT2D eigenvalue weighted by molar-refractivity contribution is -0.169. The second kappa shape index (κ2) is 24.9. The van der Waals surface area contributed by atoms with Gasteiger partial charge in [0.2, 0.25) is 47.3 Å². The number of aliphatic hydroxyl groups is 1. The predicted octanol–water partition coefficient (Wildman–Crippen LogP) is 2.89. The number of unbranched alkanes of at least 4 members (excludes halogenated alkanes) is 2. The van der Waals surface area contributed by atoms with Crippen LogP contribution in [0.15, 0.2) is 47.3 Å². The minimum Gasteiger partial charge on any atom is -0.458 e. The number of hydrogen-bond donors (Lipinski definition) is 7. The number of cyclic esters (lactones) is 1. The van der Waals surface area contributed by atoms with Crippen LogP contribution in [0, 0.1) is 24.1 Å². The number of ether oxygens (including phenoxy) is 1. The molecule has 5 heterocycles. The zero-order valence-corrected chi connectivity index (χ0v) is 46.4. The fourth-order valence-electron chi connectivity index (χ4n) is 10.8. The maximum absolute atomic E-state index is 15.3. The van der Waals surface area contributed by atoms with Gasteiger partial charge in [-0.05, 0) is 73.3 Å². The standard InChI is InChI=1S/C57H68FN9O12S/c1-6-56(3,4)37-23-48(73)66(54(37)76)19-12-8-11-15-43(68)59-25-45(70)60-27-47(72)64-41(21-32-13-9-7-10-14-32)52(74)61-26-46(71)62-30-80-20-18-44(69)63-39-17-16-33-31(2)38(58)24-40-49(33)50(39)34-28-67-42(51(34)65-40)22-36-35(53(67)75)29-79-55(77)57(36,5)78/h7,9-10,13-14,22,24,37,39,41,78H,6,8,11-12,15-21,23,25-30H2,1-5H3,(H,59,68)(H,60,70)(H,61,74)(H,62,71)(H,63,69)(H,64,72)/t37?,39-,41-,57-/m0/s1. The van der Waals surface area contributed by atoms with Gasteiger partial charge in [0.15, 0.2) is 5.60 Å². The van der Waals surface area contributed by atoms with E-state index in [0.29, 0.717) is 77.8 Å². The van der Waals surface area contributed by atoms with E-state index in [2.05, 4.69) is 31.9 Å². The van der Waals surface area contributed by atoms with Gasteiger partial charge < -0.3 is 46.3 Å². The third kappa shape index (κ3) is 12.9. The molecular weight excluding hydrogens is 1050 g/mol. The maximum Gasteiger partial charge on any atom is 0.342 e. The molecule has 4 atom stereocenters. The first-order valence-electron chi connectivity index (χ1n) is 27.0. The molecule has 21 nitrogen and oxygen atoms in total. The zero-order valence-electron chi connectivity index (χ0n) is 45.6. The van der Waals surface area contributed by atoms with Crippen LogP contribution in [0.2, 0.25) is 0 Å². The van der Waals surface area contributed by atoms with Crippen molar-refractivity contribution < 1.29 is 57.4 Å². The van der Waals surface area contributed by atoms with E-state index in [1.54, 1.807) is 43.3 Å². The van der Waals surface area contributed by atoms with Gasteiger partial charge in [-0.25, -0.2) is 14.2 Å². The lowest BCUT2D eigenvalue weighted by Crippen LogP contribution is -2.52. The monoisotopic (exact) mass is 1120 g/mol. The first-order chi connectivity index (χ1) is 38.1. The highest BCUT2D eigenvalue weighted by molar-refractivity contribution is 7.99. The predicted molar refractivity (Wildman–Crippen MR) is 292 cm³/mol. The van der Waals surface area contributed by atoms with E-state index in [9.17, 15) is 53.1 Å². The second-order valence-electron chi connectivity index (χ2n) is 21.6. The summed E-state index contributed by atoms with van der Waals surface area (Å²) in [5, 5.41) is 27.7. The van der Waals surface area contributed by atoms with Crippen molar-refractivity contribution in [1.82, 2.24) is 46.4 Å². The van der Waals surface area contributed by atoms with Gasteiger partial charge in [-0.1, -0.05) is 63.9 Å². The number of esters is 1. The molecule has 80 heavy (non-hydrogen) atoms. The van der Waals surface area contributed by atoms with Crippen molar-refractivity contribution in [2.24, 2.45) is 11.3 Å². The lowest BCUT2D eigenvalue weighted by Gasteiger charge is -2.30. The van der Waals surface area contributed by atoms with Crippen LogP contribution in [0.25, 0.3) is 22.3 Å². The van der Waals surface area contributed by atoms with E-state index in [1.807, 2.05) is 20.8 Å². The van der Waals surface area contributed by atoms with Gasteiger partial charge in [-0.15, -0.1) is 11.8 Å². The molecule has 8 amide bonds. The van der Waals surface area contributed by atoms with Gasteiger partial charge in [0, 0.05) is 60.6 Å². The highest BCUT2D eigenvalue weighted by Gasteiger charge is 2.46. The van der Waals surface area contributed by atoms with Crippen molar-refractivity contribution >= 4 is 75.9 Å². The van der Waals surface area contributed by atoms with Crippen molar-refractivity contribution in [3.05, 3.63) is 97.6 Å². The highest BCUT2D eigenvalue weighted by atomic mass is 32.2. The van der Waals surface area contributed by atoms with E-state index in [1.165, 1.54) is 34.2 Å². The number of imide groups is 1. The lowest BCUT2D eigenvalue weighted by atomic mass is 9.76. The number of nitrogens with zero attached hydrogens (tertiary/aromatic N) is 3. The fraction of sp³-hybridized carbons (Fsp3) is 0.491. The Morgan fingerprint density at radius 3 is 2.35 bits per heavy atom. The van der Waals surface area contributed by atoms with Crippen molar-refractivity contribution in [2.45, 2.75) is 130 Å². The molecule has 1 fully saturated rings. The maximum atomic E-state index is 15.3. The molecule has 0 radical (unpaired) electrons. The van der Waals surface area contributed by atoms with Gasteiger partial charge >= 0.3 is 5.97 Å². The van der Waals surface area contributed by atoms with Crippen molar-refractivity contribution in [2.75, 3.05) is 37.8 Å². The largest absolute Gasteiger partial charge is 0.458 e. The van der Waals surface area contributed by atoms with Crippen molar-refractivity contribution in [1.29, 1.82) is 0 Å². The topological polar surface area (TPSA) is 293 Å². The van der Waals surface area contributed by atoms with E-state index in [-0.39, 0.29) is 97.3 Å². The SMILES string of the molecule is CCC(C)(C)C1CC(=O)N(CCCCCC(=O)NCC(=O)NCC(=O)N[C@@H](Cc2ccccc2)C(=O)NCC(=O)NCSCCC(=O)N[C@H]2CCc3c(C)c(F)cc4nc5c(c2c34)Cn2c-5cc3c(c2=O)COC(=O)[C@@]3(C)O)C1=O. The number of nitrogens with one attached hydrogen (secondary N) is 6. The minimum absolute atomic E-state index is 0.0693. The molecule has 2 aromatic heterocycles. The van der Waals surface area contributed by atoms with E-state index in [0.717, 1.165) is 23.1 Å². The summed E-state index contributed by atoms with van der Waals surface area (Å²) in [6, 6.07) is 10.1. The van der Waals surface area contributed by atoms with Gasteiger partial charge in [0.1, 0.15) is 18.5 Å². The Kier molecular flexibility index (Phi) is 18.2. The number of carbonyl (C=O) groups excluding carboxylic acids is 9. The van der Waals surface area contributed by atoms with Gasteiger partial charge in [-0.3, -0.25) is 48.1 Å². The van der Waals surface area contributed by atoms with E-state index >= 15 is 4.39 Å². The van der Waals surface area contributed by atoms with Crippen LogP contribution in [0.5, 0.6) is 0 Å². The number of thioether (sulfide) groups is 1. The summed E-state index contributed by atoms with van der Waals surface area (Å²) in [6.45, 7) is 7.72. The number of aryl methyl sites for hydroxylation is 1. The van der Waals surface area contributed by atoms with Crippen LogP contribution in [0.4, 0.5) is 4.39 Å². The van der Waals surface area contributed by atoms with Crippen LogP contribution >= 0.6 is 11.8 Å². The molecule has 426 valence electrons. The Balaban J connectivity index is 0.762. The molecule has 7 N–H and O–H groups in total. The molecule has 4 aliphatic rings. The number of benzene rings is 2. The smallest absolute Gasteiger partial charge is 0.342 e. The molecule has 8 rings (SSSR count).